The molecule has 5 heteroatoms. The average Bonchev–Trinajstić information content (AvgIpc) is 2.39. The summed E-state index contributed by atoms with van der Waals surface area (Å²) in [5.41, 5.74) is 6.84. The van der Waals surface area contributed by atoms with Crippen molar-refractivity contribution in [1.29, 1.82) is 0 Å². The van der Waals surface area contributed by atoms with E-state index < -0.39 is 6.04 Å². The van der Waals surface area contributed by atoms with Crippen LogP contribution in [-0.2, 0) is 11.2 Å². The molecule has 2 atom stereocenters. The summed E-state index contributed by atoms with van der Waals surface area (Å²) in [4.78, 5) is 14.1. The summed E-state index contributed by atoms with van der Waals surface area (Å²) in [6, 6.07) is 6.28. The Hall–Kier alpha value is -1.59. The number of carbonyl (C=O) groups excluding carboxylic acids is 1. The Labute approximate surface area is 120 Å². The van der Waals surface area contributed by atoms with Gasteiger partial charge >= 0.3 is 0 Å². The lowest BCUT2D eigenvalue weighted by atomic mass is 10.1. The number of amides is 1. The number of phenolic OH excluding ortho intramolecular Hbond substituents is 1. The second kappa shape index (κ2) is 7.87. The van der Waals surface area contributed by atoms with Gasteiger partial charge < -0.3 is 21.1 Å². The predicted octanol–water partition coefficient (Wildman–Crippen LogP) is 0.718. The maximum atomic E-state index is 12.0. The highest BCUT2D eigenvalue weighted by Gasteiger charge is 2.16. The number of hydrogen-bond acceptors (Lipinski definition) is 4. The van der Waals surface area contributed by atoms with Crippen molar-refractivity contribution in [2.24, 2.45) is 5.73 Å². The van der Waals surface area contributed by atoms with Crippen LogP contribution < -0.4 is 11.1 Å². The lowest BCUT2D eigenvalue weighted by Gasteiger charge is -2.19. The first-order valence-corrected chi connectivity index (χ1v) is 6.87. The van der Waals surface area contributed by atoms with Crippen LogP contribution in [0.25, 0.3) is 0 Å². The highest BCUT2D eigenvalue weighted by Crippen LogP contribution is 2.11. The van der Waals surface area contributed by atoms with Gasteiger partial charge in [0.25, 0.3) is 0 Å². The van der Waals surface area contributed by atoms with Crippen molar-refractivity contribution in [3.63, 3.8) is 0 Å². The molecule has 20 heavy (non-hydrogen) atoms. The van der Waals surface area contributed by atoms with E-state index in [4.69, 9.17) is 5.73 Å². The molecule has 0 aromatic heterocycles. The molecule has 1 aromatic carbocycles. The van der Waals surface area contributed by atoms with Gasteiger partial charge in [0, 0.05) is 6.04 Å². The fraction of sp³-hybridized carbons (Fsp3) is 0.533. The molecule has 0 aliphatic heterocycles. The monoisotopic (exact) mass is 279 g/mol. The minimum absolute atomic E-state index is 0.107. The molecule has 0 aliphatic rings. The van der Waals surface area contributed by atoms with E-state index in [0.29, 0.717) is 6.42 Å². The minimum Gasteiger partial charge on any atom is -0.508 e. The van der Waals surface area contributed by atoms with Gasteiger partial charge in [-0.3, -0.25) is 4.79 Å². The molecular weight excluding hydrogens is 254 g/mol. The van der Waals surface area contributed by atoms with Gasteiger partial charge in [-0.25, -0.2) is 0 Å². The quantitative estimate of drug-likeness (QED) is 0.687. The van der Waals surface area contributed by atoms with Crippen molar-refractivity contribution in [2.75, 3.05) is 20.6 Å². The van der Waals surface area contributed by atoms with E-state index in [2.05, 4.69) is 10.2 Å². The standard InChI is InChI=1S/C15H25N3O2/c1-11(8-9-18(2)3)17-15(20)14(16)10-12-4-6-13(19)7-5-12/h4-7,11,14,19H,8-10,16H2,1-3H3,(H,17,20). The van der Waals surface area contributed by atoms with E-state index in [1.807, 2.05) is 21.0 Å². The summed E-state index contributed by atoms with van der Waals surface area (Å²) in [5.74, 6) is 0.0772. The number of carbonyl (C=O) groups is 1. The number of phenols is 1. The van der Waals surface area contributed by atoms with Gasteiger partial charge in [0.2, 0.25) is 5.91 Å². The third kappa shape index (κ3) is 6.04. The van der Waals surface area contributed by atoms with Crippen LogP contribution in [0.4, 0.5) is 0 Å². The topological polar surface area (TPSA) is 78.6 Å². The lowest BCUT2D eigenvalue weighted by Crippen LogP contribution is -2.46. The molecule has 1 aromatic rings. The molecule has 1 amide bonds. The van der Waals surface area contributed by atoms with Crippen LogP contribution in [0.2, 0.25) is 0 Å². The SMILES string of the molecule is CC(CCN(C)C)NC(=O)C(N)Cc1ccc(O)cc1. The van der Waals surface area contributed by atoms with E-state index >= 15 is 0 Å². The Morgan fingerprint density at radius 2 is 1.95 bits per heavy atom. The Morgan fingerprint density at radius 3 is 2.50 bits per heavy atom. The maximum absolute atomic E-state index is 12.0. The van der Waals surface area contributed by atoms with Crippen molar-refractivity contribution in [1.82, 2.24) is 10.2 Å². The van der Waals surface area contributed by atoms with Crippen molar-refractivity contribution < 1.29 is 9.90 Å². The fourth-order valence-electron chi connectivity index (χ4n) is 1.85. The van der Waals surface area contributed by atoms with Gasteiger partial charge in [-0.05, 0) is 58.1 Å². The van der Waals surface area contributed by atoms with Crippen molar-refractivity contribution in [3.8, 4) is 5.75 Å². The zero-order valence-electron chi connectivity index (χ0n) is 12.5. The predicted molar refractivity (Wildman–Crippen MR) is 80.6 cm³/mol. The first-order valence-electron chi connectivity index (χ1n) is 6.87. The average molecular weight is 279 g/mol. The molecule has 0 radical (unpaired) electrons. The van der Waals surface area contributed by atoms with Gasteiger partial charge in [0.05, 0.1) is 6.04 Å². The number of nitrogens with one attached hydrogen (secondary N) is 1. The van der Waals surface area contributed by atoms with Crippen LogP contribution in [0.3, 0.4) is 0 Å². The summed E-state index contributed by atoms with van der Waals surface area (Å²) in [7, 11) is 4.01. The molecule has 1 rings (SSSR count). The van der Waals surface area contributed by atoms with Gasteiger partial charge in [-0.1, -0.05) is 12.1 Å². The Bertz CT molecular complexity index is 418. The third-order valence-corrected chi connectivity index (χ3v) is 3.13. The van der Waals surface area contributed by atoms with Gasteiger partial charge in [0.1, 0.15) is 5.75 Å². The number of rotatable bonds is 7. The van der Waals surface area contributed by atoms with Gasteiger partial charge in [-0.15, -0.1) is 0 Å². The molecule has 0 aliphatic carbocycles. The van der Waals surface area contributed by atoms with Gasteiger partial charge in [-0.2, -0.15) is 0 Å². The molecule has 0 saturated carbocycles. The Morgan fingerprint density at radius 1 is 1.35 bits per heavy atom. The van der Waals surface area contributed by atoms with Crippen LogP contribution in [0.5, 0.6) is 5.75 Å². The Balaban J connectivity index is 2.40. The normalized spacial score (nSPS) is 14.1. The molecule has 0 spiro atoms. The number of aromatic hydroxyl groups is 1. The first kappa shape index (κ1) is 16.5. The molecule has 112 valence electrons. The largest absolute Gasteiger partial charge is 0.508 e. The van der Waals surface area contributed by atoms with Crippen LogP contribution in [0.1, 0.15) is 18.9 Å². The Kier molecular flexibility index (Phi) is 6.48. The van der Waals surface area contributed by atoms with Crippen molar-refractivity contribution in [3.05, 3.63) is 29.8 Å². The van der Waals surface area contributed by atoms with E-state index in [1.165, 1.54) is 0 Å². The van der Waals surface area contributed by atoms with E-state index in [0.717, 1.165) is 18.5 Å². The summed E-state index contributed by atoms with van der Waals surface area (Å²) in [5, 5.41) is 12.1. The second-order valence-electron chi connectivity index (χ2n) is 5.48. The van der Waals surface area contributed by atoms with Crippen molar-refractivity contribution >= 4 is 5.91 Å². The highest BCUT2D eigenvalue weighted by molar-refractivity contribution is 5.82. The molecule has 4 N–H and O–H groups in total. The summed E-state index contributed by atoms with van der Waals surface area (Å²) >= 11 is 0. The molecule has 0 heterocycles. The van der Waals surface area contributed by atoms with E-state index in [1.54, 1.807) is 24.3 Å². The zero-order chi connectivity index (χ0) is 15.1. The van der Waals surface area contributed by atoms with E-state index in [-0.39, 0.29) is 17.7 Å². The number of nitrogens with two attached hydrogens (primary N) is 1. The minimum atomic E-state index is -0.568. The summed E-state index contributed by atoms with van der Waals surface area (Å²) in [6.45, 7) is 2.91. The maximum Gasteiger partial charge on any atom is 0.237 e. The fourth-order valence-corrected chi connectivity index (χ4v) is 1.85. The lowest BCUT2D eigenvalue weighted by molar-refractivity contribution is -0.123. The van der Waals surface area contributed by atoms with Crippen LogP contribution in [0.15, 0.2) is 24.3 Å². The first-order chi connectivity index (χ1) is 9.38. The highest BCUT2D eigenvalue weighted by atomic mass is 16.3. The smallest absolute Gasteiger partial charge is 0.237 e. The number of benzene rings is 1. The third-order valence-electron chi connectivity index (χ3n) is 3.13. The van der Waals surface area contributed by atoms with Gasteiger partial charge in [0.15, 0.2) is 0 Å². The van der Waals surface area contributed by atoms with Crippen LogP contribution in [-0.4, -0.2) is 48.6 Å². The molecule has 0 saturated heterocycles. The second-order valence-corrected chi connectivity index (χ2v) is 5.48. The summed E-state index contributed by atoms with van der Waals surface area (Å²) < 4.78 is 0. The van der Waals surface area contributed by atoms with Crippen LogP contribution in [0, 0.1) is 0 Å². The molecule has 0 fully saturated rings. The zero-order valence-corrected chi connectivity index (χ0v) is 12.5. The number of nitrogens with zero attached hydrogens (tertiary/aromatic N) is 1. The molecule has 0 bridgehead atoms. The van der Waals surface area contributed by atoms with Crippen LogP contribution >= 0.6 is 0 Å². The summed E-state index contributed by atoms with van der Waals surface area (Å²) in [6.07, 6.45) is 1.36. The van der Waals surface area contributed by atoms with Crippen molar-refractivity contribution in [2.45, 2.75) is 31.8 Å². The molecule has 2 unspecified atom stereocenters. The molecule has 5 nitrogen and oxygen atoms in total. The van der Waals surface area contributed by atoms with E-state index in [9.17, 15) is 9.90 Å². The number of hydrogen-bond donors (Lipinski definition) is 3. The molecular formula is C15H25N3O2.